The summed E-state index contributed by atoms with van der Waals surface area (Å²) >= 11 is 0. The van der Waals surface area contributed by atoms with Crippen LogP contribution in [0, 0.1) is 0 Å². The van der Waals surface area contributed by atoms with E-state index < -0.39 is 0 Å². The summed E-state index contributed by atoms with van der Waals surface area (Å²) in [6.45, 7) is 5.11. The molecule has 0 fully saturated rings. The quantitative estimate of drug-likeness (QED) is 0.602. The minimum Gasteiger partial charge on any atom is -0.453 e. The van der Waals surface area contributed by atoms with Gasteiger partial charge in [0.05, 0.1) is 0 Å². The topological polar surface area (TPSA) is 26.3 Å². The van der Waals surface area contributed by atoms with E-state index in [2.05, 4.69) is 30.8 Å². The van der Waals surface area contributed by atoms with E-state index in [9.17, 15) is 4.79 Å². The van der Waals surface area contributed by atoms with Crippen molar-refractivity contribution in [3.05, 3.63) is 83.9 Å². The molecule has 0 N–H and O–H groups in total. The highest BCUT2D eigenvalue weighted by Gasteiger charge is 2.10. The van der Waals surface area contributed by atoms with Crippen LogP contribution < -0.4 is 0 Å². The second-order valence-corrected chi connectivity index (χ2v) is 4.67. The third-order valence-electron chi connectivity index (χ3n) is 3.07. The molecule has 2 heteroatoms. The SMILES string of the molecule is C=CC(OC(C)=O)c1ccc(Cc2ccccc2)cc1. The van der Waals surface area contributed by atoms with Crippen molar-refractivity contribution in [2.75, 3.05) is 0 Å². The molecule has 2 rings (SSSR count). The van der Waals surface area contributed by atoms with E-state index in [0.717, 1.165) is 12.0 Å². The third kappa shape index (κ3) is 3.82. The van der Waals surface area contributed by atoms with Gasteiger partial charge in [0.2, 0.25) is 0 Å². The molecule has 2 nitrogen and oxygen atoms in total. The second-order valence-electron chi connectivity index (χ2n) is 4.67. The lowest BCUT2D eigenvalue weighted by atomic mass is 10.0. The van der Waals surface area contributed by atoms with Crippen LogP contribution in [0.2, 0.25) is 0 Å². The molecule has 1 atom stereocenters. The van der Waals surface area contributed by atoms with E-state index in [1.165, 1.54) is 18.1 Å². The van der Waals surface area contributed by atoms with Crippen molar-refractivity contribution in [1.29, 1.82) is 0 Å². The van der Waals surface area contributed by atoms with Gasteiger partial charge in [0, 0.05) is 6.92 Å². The molecule has 0 aliphatic carbocycles. The first-order valence-electron chi connectivity index (χ1n) is 6.61. The summed E-state index contributed by atoms with van der Waals surface area (Å²) in [7, 11) is 0. The Kier molecular flexibility index (Phi) is 4.72. The number of hydrogen-bond donors (Lipinski definition) is 0. The Hall–Kier alpha value is -2.35. The molecule has 1 unspecified atom stereocenters. The van der Waals surface area contributed by atoms with E-state index >= 15 is 0 Å². The number of carbonyl (C=O) groups is 1. The van der Waals surface area contributed by atoms with Crippen molar-refractivity contribution in [2.45, 2.75) is 19.4 Å². The summed E-state index contributed by atoms with van der Waals surface area (Å²) < 4.78 is 5.19. The van der Waals surface area contributed by atoms with E-state index in [1.807, 2.05) is 30.3 Å². The van der Waals surface area contributed by atoms with Gasteiger partial charge in [-0.3, -0.25) is 4.79 Å². The lowest BCUT2D eigenvalue weighted by Gasteiger charge is -2.13. The molecule has 0 saturated carbocycles. The molecule has 102 valence electrons. The Morgan fingerprint density at radius 3 is 2.25 bits per heavy atom. The molecule has 0 radical (unpaired) electrons. The van der Waals surface area contributed by atoms with E-state index in [1.54, 1.807) is 6.08 Å². The van der Waals surface area contributed by atoms with Gasteiger partial charge in [0.15, 0.2) is 0 Å². The standard InChI is InChI=1S/C18H18O2/c1-3-18(20-14(2)19)17-11-9-16(10-12-17)13-15-7-5-4-6-8-15/h3-12,18H,1,13H2,2H3. The number of rotatable bonds is 5. The van der Waals surface area contributed by atoms with Crippen molar-refractivity contribution in [3.63, 3.8) is 0 Å². The van der Waals surface area contributed by atoms with Gasteiger partial charge < -0.3 is 4.74 Å². The minimum absolute atomic E-state index is 0.303. The van der Waals surface area contributed by atoms with Gasteiger partial charge in [0.25, 0.3) is 0 Å². The third-order valence-corrected chi connectivity index (χ3v) is 3.07. The Morgan fingerprint density at radius 2 is 1.70 bits per heavy atom. The van der Waals surface area contributed by atoms with E-state index in [0.29, 0.717) is 0 Å². The lowest BCUT2D eigenvalue weighted by Crippen LogP contribution is -2.05. The summed E-state index contributed by atoms with van der Waals surface area (Å²) in [5.74, 6) is -0.303. The van der Waals surface area contributed by atoms with Crippen LogP contribution in [0.3, 0.4) is 0 Å². The second kappa shape index (κ2) is 6.71. The van der Waals surface area contributed by atoms with Crippen LogP contribution in [0.5, 0.6) is 0 Å². The maximum absolute atomic E-state index is 11.0. The Morgan fingerprint density at radius 1 is 1.10 bits per heavy atom. The van der Waals surface area contributed by atoms with Crippen molar-refractivity contribution in [1.82, 2.24) is 0 Å². The van der Waals surface area contributed by atoms with Gasteiger partial charge in [-0.1, -0.05) is 61.2 Å². The van der Waals surface area contributed by atoms with Gasteiger partial charge in [-0.15, -0.1) is 0 Å². The molecule has 2 aromatic carbocycles. The van der Waals surface area contributed by atoms with Crippen LogP contribution in [0.15, 0.2) is 67.3 Å². The monoisotopic (exact) mass is 266 g/mol. The Labute approximate surface area is 119 Å². The first-order valence-corrected chi connectivity index (χ1v) is 6.61. The highest BCUT2D eigenvalue weighted by atomic mass is 16.5. The van der Waals surface area contributed by atoms with Crippen LogP contribution in [-0.4, -0.2) is 5.97 Å². The molecule has 0 bridgehead atoms. The maximum atomic E-state index is 11.0. The fourth-order valence-corrected chi connectivity index (χ4v) is 2.09. The highest BCUT2D eigenvalue weighted by Crippen LogP contribution is 2.20. The predicted octanol–water partition coefficient (Wildman–Crippen LogP) is 4.07. The molecule has 0 spiro atoms. The molecule has 2 aromatic rings. The normalized spacial score (nSPS) is 11.7. The molecular formula is C18H18O2. The maximum Gasteiger partial charge on any atom is 0.303 e. The van der Waals surface area contributed by atoms with Crippen LogP contribution in [0.1, 0.15) is 29.7 Å². The molecule has 0 amide bonds. The largest absolute Gasteiger partial charge is 0.453 e. The zero-order valence-electron chi connectivity index (χ0n) is 11.6. The molecule has 20 heavy (non-hydrogen) atoms. The van der Waals surface area contributed by atoms with Crippen LogP contribution in [0.4, 0.5) is 0 Å². The smallest absolute Gasteiger partial charge is 0.303 e. The summed E-state index contributed by atoms with van der Waals surface area (Å²) in [6, 6.07) is 18.4. The number of ether oxygens (including phenoxy) is 1. The average molecular weight is 266 g/mol. The van der Waals surface area contributed by atoms with Gasteiger partial charge in [0.1, 0.15) is 6.10 Å². The van der Waals surface area contributed by atoms with E-state index in [-0.39, 0.29) is 12.1 Å². The number of benzene rings is 2. The number of carbonyl (C=O) groups excluding carboxylic acids is 1. The molecule has 0 aliphatic rings. The van der Waals surface area contributed by atoms with Gasteiger partial charge in [-0.25, -0.2) is 0 Å². The molecule has 0 saturated heterocycles. The first kappa shape index (κ1) is 14.1. The summed E-state index contributed by atoms with van der Waals surface area (Å²) in [6.07, 6.45) is 2.15. The highest BCUT2D eigenvalue weighted by molar-refractivity contribution is 5.66. The predicted molar refractivity (Wildman–Crippen MR) is 80.4 cm³/mol. The van der Waals surface area contributed by atoms with Crippen molar-refractivity contribution in [2.24, 2.45) is 0 Å². The molecular weight excluding hydrogens is 248 g/mol. The van der Waals surface area contributed by atoms with Crippen molar-refractivity contribution in [3.8, 4) is 0 Å². The zero-order valence-corrected chi connectivity index (χ0v) is 11.6. The molecule has 0 heterocycles. The summed E-state index contributed by atoms with van der Waals surface area (Å²) in [5.41, 5.74) is 3.44. The fourth-order valence-electron chi connectivity index (χ4n) is 2.09. The Balaban J connectivity index is 2.09. The molecule has 0 aromatic heterocycles. The lowest BCUT2D eigenvalue weighted by molar-refractivity contribution is -0.144. The van der Waals surface area contributed by atoms with Gasteiger partial charge in [-0.05, 0) is 29.2 Å². The minimum atomic E-state index is -0.377. The van der Waals surface area contributed by atoms with Crippen LogP contribution >= 0.6 is 0 Å². The van der Waals surface area contributed by atoms with Crippen molar-refractivity contribution < 1.29 is 9.53 Å². The zero-order chi connectivity index (χ0) is 14.4. The van der Waals surface area contributed by atoms with Crippen molar-refractivity contribution >= 4 is 5.97 Å². The first-order chi connectivity index (χ1) is 9.69. The van der Waals surface area contributed by atoms with E-state index in [4.69, 9.17) is 4.74 Å². The van der Waals surface area contributed by atoms with Gasteiger partial charge in [-0.2, -0.15) is 0 Å². The summed E-state index contributed by atoms with van der Waals surface area (Å²) in [4.78, 5) is 11.0. The molecule has 0 aliphatic heterocycles. The summed E-state index contributed by atoms with van der Waals surface area (Å²) in [5, 5.41) is 0. The Bertz CT molecular complexity index is 570. The fraction of sp³-hybridized carbons (Fsp3) is 0.167. The van der Waals surface area contributed by atoms with Crippen LogP contribution in [-0.2, 0) is 16.0 Å². The van der Waals surface area contributed by atoms with Gasteiger partial charge >= 0.3 is 5.97 Å². The average Bonchev–Trinajstić information content (AvgIpc) is 2.46. The van der Waals surface area contributed by atoms with Crippen LogP contribution in [0.25, 0.3) is 0 Å². The number of esters is 1. The number of hydrogen-bond acceptors (Lipinski definition) is 2.